The van der Waals surface area contributed by atoms with Gasteiger partial charge in [-0.05, 0) is 47.5 Å². The number of hydrogen-bond acceptors (Lipinski definition) is 6. The number of esters is 1. The van der Waals surface area contributed by atoms with Crippen LogP contribution in [0, 0.1) is 0 Å². The smallest absolute Gasteiger partial charge is 0.343 e. The largest absolute Gasteiger partial charge is 0.493 e. The third-order valence-corrected chi connectivity index (χ3v) is 4.29. The second-order valence-corrected chi connectivity index (χ2v) is 6.49. The van der Waals surface area contributed by atoms with E-state index in [1.165, 1.54) is 13.3 Å². The first-order valence-corrected chi connectivity index (χ1v) is 9.49. The van der Waals surface area contributed by atoms with Crippen LogP contribution in [-0.2, 0) is 11.2 Å². The maximum atomic E-state index is 12.2. The summed E-state index contributed by atoms with van der Waals surface area (Å²) in [7, 11) is 3.09. The quantitative estimate of drug-likeness (QED) is 0.261. The average molecular weight is 418 g/mol. The van der Waals surface area contributed by atoms with Crippen molar-refractivity contribution in [2.75, 3.05) is 14.2 Å². The van der Waals surface area contributed by atoms with Crippen molar-refractivity contribution in [2.24, 2.45) is 5.10 Å². The van der Waals surface area contributed by atoms with Crippen LogP contribution in [0.1, 0.15) is 21.5 Å². The molecule has 158 valence electrons. The number of hydrazone groups is 1. The molecule has 0 radical (unpaired) electrons. The number of nitrogens with one attached hydrogen (secondary N) is 1. The molecule has 3 aromatic rings. The highest BCUT2D eigenvalue weighted by molar-refractivity contribution is 5.91. The summed E-state index contributed by atoms with van der Waals surface area (Å²) in [6.07, 6.45) is 1.61. The Morgan fingerprint density at radius 2 is 1.68 bits per heavy atom. The Bertz CT molecular complexity index is 1080. The number of carbonyl (C=O) groups is 2. The Labute approximate surface area is 180 Å². The maximum absolute atomic E-state index is 12.2. The van der Waals surface area contributed by atoms with Crippen LogP contribution < -0.4 is 19.6 Å². The molecule has 0 unspecified atom stereocenters. The fourth-order valence-corrected chi connectivity index (χ4v) is 2.79. The fraction of sp³-hybridized carbons (Fsp3) is 0.125. The lowest BCUT2D eigenvalue weighted by Crippen LogP contribution is -2.19. The summed E-state index contributed by atoms with van der Waals surface area (Å²) in [6.45, 7) is 0. The number of methoxy groups -OCH3 is 2. The molecule has 0 spiro atoms. The van der Waals surface area contributed by atoms with Gasteiger partial charge in [0.25, 0.3) is 0 Å². The minimum absolute atomic E-state index is 0.131. The van der Waals surface area contributed by atoms with Crippen LogP contribution in [0.2, 0.25) is 0 Å². The molecule has 31 heavy (non-hydrogen) atoms. The monoisotopic (exact) mass is 418 g/mol. The first-order chi connectivity index (χ1) is 15.1. The van der Waals surface area contributed by atoms with Crippen LogP contribution >= 0.6 is 0 Å². The van der Waals surface area contributed by atoms with E-state index >= 15 is 0 Å². The number of nitrogens with zero attached hydrogens (tertiary/aromatic N) is 1. The van der Waals surface area contributed by atoms with Crippen LogP contribution in [0.3, 0.4) is 0 Å². The van der Waals surface area contributed by atoms with Crippen molar-refractivity contribution in [3.8, 4) is 17.2 Å². The van der Waals surface area contributed by atoms with E-state index in [1.807, 2.05) is 6.07 Å². The van der Waals surface area contributed by atoms with Gasteiger partial charge >= 0.3 is 5.97 Å². The van der Waals surface area contributed by atoms with Gasteiger partial charge in [-0.25, -0.2) is 10.2 Å². The van der Waals surface area contributed by atoms with E-state index in [9.17, 15) is 9.59 Å². The molecule has 0 aliphatic carbocycles. The number of ether oxygens (including phenoxy) is 3. The zero-order valence-electron chi connectivity index (χ0n) is 17.2. The van der Waals surface area contributed by atoms with Gasteiger partial charge in [0, 0.05) is 0 Å². The van der Waals surface area contributed by atoms with Crippen molar-refractivity contribution in [2.45, 2.75) is 6.42 Å². The zero-order valence-corrected chi connectivity index (χ0v) is 17.2. The highest BCUT2D eigenvalue weighted by Crippen LogP contribution is 2.27. The lowest BCUT2D eigenvalue weighted by atomic mass is 10.1. The van der Waals surface area contributed by atoms with Crippen LogP contribution in [-0.4, -0.2) is 32.3 Å². The summed E-state index contributed by atoms with van der Waals surface area (Å²) >= 11 is 0. The van der Waals surface area contributed by atoms with E-state index in [2.05, 4.69) is 10.5 Å². The van der Waals surface area contributed by atoms with E-state index in [0.717, 1.165) is 5.56 Å². The van der Waals surface area contributed by atoms with Crippen LogP contribution in [0.15, 0.2) is 77.9 Å². The highest BCUT2D eigenvalue weighted by atomic mass is 16.5. The van der Waals surface area contributed by atoms with Gasteiger partial charge in [-0.1, -0.05) is 36.4 Å². The Balaban J connectivity index is 1.56. The van der Waals surface area contributed by atoms with Crippen molar-refractivity contribution in [1.82, 2.24) is 5.43 Å². The van der Waals surface area contributed by atoms with Crippen molar-refractivity contribution in [3.05, 3.63) is 89.5 Å². The molecule has 1 amide bonds. The van der Waals surface area contributed by atoms with E-state index < -0.39 is 5.97 Å². The van der Waals surface area contributed by atoms with Crippen LogP contribution in [0.25, 0.3) is 0 Å². The molecule has 7 nitrogen and oxygen atoms in total. The Kier molecular flexibility index (Phi) is 7.37. The fourth-order valence-electron chi connectivity index (χ4n) is 2.79. The lowest BCUT2D eigenvalue weighted by Gasteiger charge is -2.09. The predicted octanol–water partition coefficient (Wildman–Crippen LogP) is 3.62. The lowest BCUT2D eigenvalue weighted by molar-refractivity contribution is -0.120. The first kappa shape index (κ1) is 21.6. The van der Waals surface area contributed by atoms with Gasteiger partial charge < -0.3 is 14.2 Å². The predicted molar refractivity (Wildman–Crippen MR) is 117 cm³/mol. The molecule has 0 bridgehead atoms. The Morgan fingerprint density at radius 3 is 2.42 bits per heavy atom. The van der Waals surface area contributed by atoms with Gasteiger partial charge in [-0.2, -0.15) is 5.10 Å². The maximum Gasteiger partial charge on any atom is 0.343 e. The molecule has 0 aliphatic rings. The number of benzene rings is 3. The zero-order chi connectivity index (χ0) is 22.1. The summed E-state index contributed by atoms with van der Waals surface area (Å²) in [5.41, 5.74) is 4.38. The van der Waals surface area contributed by atoms with Crippen molar-refractivity contribution < 1.29 is 23.8 Å². The molecule has 0 fully saturated rings. The Hall–Kier alpha value is -4.13. The van der Waals surface area contributed by atoms with Gasteiger partial charge in [0.2, 0.25) is 5.91 Å². The molecular weight excluding hydrogens is 396 g/mol. The van der Waals surface area contributed by atoms with E-state index in [1.54, 1.807) is 73.8 Å². The van der Waals surface area contributed by atoms with Gasteiger partial charge in [0.1, 0.15) is 5.75 Å². The minimum Gasteiger partial charge on any atom is -0.493 e. The van der Waals surface area contributed by atoms with Crippen molar-refractivity contribution in [3.63, 3.8) is 0 Å². The molecule has 0 saturated heterocycles. The molecule has 7 heteroatoms. The number of hydrogen-bond donors (Lipinski definition) is 1. The molecule has 3 aromatic carbocycles. The number of carbonyl (C=O) groups excluding carboxylic acids is 2. The second-order valence-electron chi connectivity index (χ2n) is 6.49. The summed E-state index contributed by atoms with van der Waals surface area (Å²) in [5.74, 6) is 0.804. The molecule has 1 N–H and O–H groups in total. The third kappa shape index (κ3) is 6.17. The highest BCUT2D eigenvalue weighted by Gasteiger charge is 2.09. The topological polar surface area (TPSA) is 86.2 Å². The summed E-state index contributed by atoms with van der Waals surface area (Å²) < 4.78 is 15.8. The Morgan fingerprint density at radius 1 is 0.903 bits per heavy atom. The molecule has 0 aromatic heterocycles. The third-order valence-electron chi connectivity index (χ3n) is 4.29. The molecule has 0 saturated carbocycles. The van der Waals surface area contributed by atoms with Crippen molar-refractivity contribution >= 4 is 18.1 Å². The van der Waals surface area contributed by atoms with Crippen LogP contribution in [0.5, 0.6) is 17.2 Å². The second kappa shape index (κ2) is 10.6. The van der Waals surface area contributed by atoms with Crippen molar-refractivity contribution in [1.29, 1.82) is 0 Å². The molecule has 0 heterocycles. The van der Waals surface area contributed by atoms with Gasteiger partial charge in [0.05, 0.1) is 32.4 Å². The molecule has 0 aliphatic heterocycles. The standard InChI is InChI=1S/C24H22N2O5/c1-29-21-12-11-17(14-22(21)30-2)15-23(27)26-25-16-18-7-6-10-20(13-18)31-24(28)19-8-4-3-5-9-19/h3-14,16H,15H2,1-2H3,(H,26,27)/b25-16-. The van der Waals surface area contributed by atoms with E-state index in [0.29, 0.717) is 28.4 Å². The average Bonchev–Trinajstić information content (AvgIpc) is 2.79. The molecule has 0 atom stereocenters. The minimum atomic E-state index is -0.446. The summed E-state index contributed by atoms with van der Waals surface area (Å²) in [4.78, 5) is 24.3. The normalized spacial score (nSPS) is 10.5. The van der Waals surface area contributed by atoms with Gasteiger partial charge in [0.15, 0.2) is 11.5 Å². The van der Waals surface area contributed by atoms with Gasteiger partial charge in [-0.15, -0.1) is 0 Å². The SMILES string of the molecule is COc1ccc(CC(=O)N/N=C\c2cccc(OC(=O)c3ccccc3)c2)cc1OC. The van der Waals surface area contributed by atoms with E-state index in [-0.39, 0.29) is 12.3 Å². The van der Waals surface area contributed by atoms with Crippen LogP contribution in [0.4, 0.5) is 0 Å². The van der Waals surface area contributed by atoms with E-state index in [4.69, 9.17) is 14.2 Å². The molecule has 3 rings (SSSR count). The number of amides is 1. The van der Waals surface area contributed by atoms with Gasteiger partial charge in [-0.3, -0.25) is 4.79 Å². The summed E-state index contributed by atoms with van der Waals surface area (Å²) in [5, 5.41) is 3.97. The first-order valence-electron chi connectivity index (χ1n) is 9.49. The number of rotatable bonds is 8. The molecular formula is C24H22N2O5. The summed E-state index contributed by atoms with van der Waals surface area (Å²) in [6, 6.07) is 20.9.